The van der Waals surface area contributed by atoms with Crippen LogP contribution in [0, 0.1) is 12.7 Å². The fourth-order valence-corrected chi connectivity index (χ4v) is 4.18. The molecule has 1 aromatic carbocycles. The normalized spacial score (nSPS) is 11.1. The number of amides is 1. The maximum atomic E-state index is 15.1. The summed E-state index contributed by atoms with van der Waals surface area (Å²) in [6.45, 7) is 3.98. The number of halogens is 1. The highest BCUT2D eigenvalue weighted by Crippen LogP contribution is 2.38. The van der Waals surface area contributed by atoms with Crippen LogP contribution in [0.3, 0.4) is 0 Å². The molecule has 8 nitrogen and oxygen atoms in total. The zero-order chi connectivity index (χ0) is 25.9. The number of carbonyl (C=O) groups excluding carboxylic acids is 1. The first-order valence-electron chi connectivity index (χ1n) is 12.0. The Kier molecular flexibility index (Phi) is 6.68. The molecule has 37 heavy (non-hydrogen) atoms. The third kappa shape index (κ3) is 4.93. The Morgan fingerprint density at radius 3 is 2.84 bits per heavy atom. The van der Waals surface area contributed by atoms with E-state index in [9.17, 15) is 4.79 Å². The van der Waals surface area contributed by atoms with E-state index in [2.05, 4.69) is 22.2 Å². The van der Waals surface area contributed by atoms with Crippen molar-refractivity contribution >= 4 is 17.2 Å². The Balaban J connectivity index is 1.56. The summed E-state index contributed by atoms with van der Waals surface area (Å²) in [6.07, 6.45) is 9.47. The van der Waals surface area contributed by atoms with Crippen LogP contribution in [0.15, 0.2) is 65.7 Å². The quantitative estimate of drug-likeness (QED) is 0.277. The SMILES string of the molecule is CCCCc1cn2cc(NC(=O)c3coc(-c4ccnc(C)c4)n3)c(-c3c(F)cccc3OC)cc2n1. The van der Waals surface area contributed by atoms with Gasteiger partial charge in [-0.25, -0.2) is 14.4 Å². The number of hydrogen-bond acceptors (Lipinski definition) is 6. The predicted molar refractivity (Wildman–Crippen MR) is 138 cm³/mol. The zero-order valence-electron chi connectivity index (χ0n) is 20.8. The standard InChI is InChI=1S/C28H26FN5O3/c1-4-5-7-19-14-34-15-22(20(13-25(34)31-19)26-21(29)8-6-9-24(26)36-3)32-27(35)23-16-37-28(33-23)18-10-11-30-17(2)12-18/h6,8-16H,4-5,7H2,1-3H3,(H,32,35). The lowest BCUT2D eigenvalue weighted by molar-refractivity contribution is 0.102. The summed E-state index contributed by atoms with van der Waals surface area (Å²) in [7, 11) is 1.48. The maximum Gasteiger partial charge on any atom is 0.277 e. The van der Waals surface area contributed by atoms with E-state index in [-0.39, 0.29) is 11.3 Å². The number of methoxy groups -OCH3 is 1. The highest BCUT2D eigenvalue weighted by Gasteiger charge is 2.21. The number of unbranched alkanes of at least 4 members (excludes halogenated alkanes) is 1. The van der Waals surface area contributed by atoms with Crippen LogP contribution in [-0.4, -0.2) is 32.4 Å². The summed E-state index contributed by atoms with van der Waals surface area (Å²) in [5, 5.41) is 2.88. The first-order valence-corrected chi connectivity index (χ1v) is 12.0. The number of aromatic nitrogens is 4. The molecule has 0 unspecified atom stereocenters. The highest BCUT2D eigenvalue weighted by molar-refractivity contribution is 6.05. The lowest BCUT2D eigenvalue weighted by Gasteiger charge is -2.15. The number of oxazole rings is 1. The molecule has 0 radical (unpaired) electrons. The third-order valence-electron chi connectivity index (χ3n) is 6.02. The van der Waals surface area contributed by atoms with Gasteiger partial charge in [0.1, 0.15) is 23.5 Å². The van der Waals surface area contributed by atoms with Crippen molar-refractivity contribution in [3.63, 3.8) is 0 Å². The van der Waals surface area contributed by atoms with Crippen LogP contribution in [0.4, 0.5) is 10.1 Å². The van der Waals surface area contributed by atoms with Crippen molar-refractivity contribution in [2.45, 2.75) is 33.1 Å². The number of nitrogens with zero attached hydrogens (tertiary/aromatic N) is 4. The lowest BCUT2D eigenvalue weighted by Crippen LogP contribution is -2.14. The van der Waals surface area contributed by atoms with Crippen molar-refractivity contribution in [3.8, 4) is 28.3 Å². The van der Waals surface area contributed by atoms with E-state index in [0.29, 0.717) is 34.1 Å². The Morgan fingerprint density at radius 2 is 2.05 bits per heavy atom. The van der Waals surface area contributed by atoms with Crippen LogP contribution in [0.1, 0.15) is 41.6 Å². The first kappa shape index (κ1) is 24.2. The number of nitrogens with one attached hydrogen (secondary N) is 1. The van der Waals surface area contributed by atoms with Gasteiger partial charge in [-0.15, -0.1) is 0 Å². The molecule has 1 amide bonds. The minimum absolute atomic E-state index is 0.0882. The number of hydrogen-bond donors (Lipinski definition) is 1. The molecule has 9 heteroatoms. The second-order valence-corrected chi connectivity index (χ2v) is 8.70. The molecule has 0 aliphatic rings. The maximum absolute atomic E-state index is 15.1. The molecule has 4 heterocycles. The van der Waals surface area contributed by atoms with Crippen LogP contribution >= 0.6 is 0 Å². The number of carbonyl (C=O) groups is 1. The summed E-state index contributed by atoms with van der Waals surface area (Å²) in [5.41, 5.74) is 4.22. The van der Waals surface area contributed by atoms with Gasteiger partial charge in [-0.05, 0) is 50.1 Å². The lowest BCUT2D eigenvalue weighted by atomic mass is 10.0. The van der Waals surface area contributed by atoms with Gasteiger partial charge in [0.05, 0.1) is 24.1 Å². The van der Waals surface area contributed by atoms with E-state index in [1.807, 2.05) is 23.6 Å². The summed E-state index contributed by atoms with van der Waals surface area (Å²) in [6, 6.07) is 9.93. The van der Waals surface area contributed by atoms with Crippen LogP contribution in [0.25, 0.3) is 28.2 Å². The molecule has 5 aromatic rings. The molecule has 0 bridgehead atoms. The highest BCUT2D eigenvalue weighted by atomic mass is 19.1. The number of rotatable bonds is 8. The molecule has 5 rings (SSSR count). The van der Waals surface area contributed by atoms with Crippen molar-refractivity contribution in [3.05, 3.63) is 84.2 Å². The average molecular weight is 500 g/mol. The summed E-state index contributed by atoms with van der Waals surface area (Å²) in [4.78, 5) is 26.4. The van der Waals surface area contributed by atoms with Gasteiger partial charge in [-0.3, -0.25) is 9.78 Å². The first-order chi connectivity index (χ1) is 18.0. The smallest absolute Gasteiger partial charge is 0.277 e. The van der Waals surface area contributed by atoms with Gasteiger partial charge in [0.15, 0.2) is 5.69 Å². The Hall–Kier alpha value is -4.53. The molecule has 0 fully saturated rings. The number of fused-ring (bicyclic) bond motifs is 1. The zero-order valence-corrected chi connectivity index (χ0v) is 20.8. The molecule has 188 valence electrons. The van der Waals surface area contributed by atoms with Crippen LogP contribution in [-0.2, 0) is 6.42 Å². The molecule has 0 aliphatic carbocycles. The van der Waals surface area contributed by atoms with E-state index >= 15 is 4.39 Å². The predicted octanol–water partition coefficient (Wildman–Crippen LogP) is 6.10. The van der Waals surface area contributed by atoms with E-state index in [4.69, 9.17) is 14.1 Å². The largest absolute Gasteiger partial charge is 0.496 e. The van der Waals surface area contributed by atoms with Crippen molar-refractivity contribution in [1.29, 1.82) is 0 Å². The number of ether oxygens (including phenoxy) is 1. The van der Waals surface area contributed by atoms with Crippen LogP contribution in [0.2, 0.25) is 0 Å². The monoisotopic (exact) mass is 499 g/mol. The summed E-state index contributed by atoms with van der Waals surface area (Å²) >= 11 is 0. The van der Waals surface area contributed by atoms with Gasteiger partial charge in [0.2, 0.25) is 5.89 Å². The second-order valence-electron chi connectivity index (χ2n) is 8.70. The Bertz CT molecular complexity index is 1590. The summed E-state index contributed by atoms with van der Waals surface area (Å²) in [5.74, 6) is -0.330. The molecule has 1 N–H and O–H groups in total. The minimum Gasteiger partial charge on any atom is -0.496 e. The number of aryl methyl sites for hydroxylation is 2. The second kappa shape index (κ2) is 10.2. The van der Waals surface area contributed by atoms with E-state index in [1.54, 1.807) is 36.7 Å². The third-order valence-corrected chi connectivity index (χ3v) is 6.02. The number of pyridine rings is 2. The van der Waals surface area contributed by atoms with E-state index in [1.165, 1.54) is 19.4 Å². The molecule has 4 aromatic heterocycles. The molecule has 0 atom stereocenters. The van der Waals surface area contributed by atoms with Crippen molar-refractivity contribution in [2.75, 3.05) is 12.4 Å². The number of anilines is 1. The fraction of sp³-hybridized carbons (Fsp3) is 0.214. The van der Waals surface area contributed by atoms with Crippen molar-refractivity contribution in [2.24, 2.45) is 0 Å². The molecule has 0 saturated carbocycles. The van der Waals surface area contributed by atoms with Gasteiger partial charge in [0, 0.05) is 35.4 Å². The topological polar surface area (TPSA) is 94.6 Å². The Morgan fingerprint density at radius 1 is 1.19 bits per heavy atom. The molecular formula is C28H26FN5O3. The van der Waals surface area contributed by atoms with Crippen LogP contribution < -0.4 is 10.1 Å². The van der Waals surface area contributed by atoms with Gasteiger partial charge in [-0.1, -0.05) is 19.4 Å². The number of benzene rings is 1. The van der Waals surface area contributed by atoms with E-state index < -0.39 is 11.7 Å². The van der Waals surface area contributed by atoms with Gasteiger partial charge < -0.3 is 18.9 Å². The van der Waals surface area contributed by atoms with Gasteiger partial charge >= 0.3 is 0 Å². The van der Waals surface area contributed by atoms with Crippen molar-refractivity contribution < 1.29 is 18.3 Å². The van der Waals surface area contributed by atoms with Crippen LogP contribution in [0.5, 0.6) is 5.75 Å². The van der Waals surface area contributed by atoms with Crippen molar-refractivity contribution in [1.82, 2.24) is 19.4 Å². The van der Waals surface area contributed by atoms with Gasteiger partial charge in [-0.2, -0.15) is 0 Å². The number of imidazole rings is 1. The molecular weight excluding hydrogens is 473 g/mol. The van der Waals surface area contributed by atoms with E-state index in [0.717, 1.165) is 30.7 Å². The average Bonchev–Trinajstić information content (AvgIpc) is 3.54. The molecule has 0 saturated heterocycles. The fourth-order valence-electron chi connectivity index (χ4n) is 4.18. The summed E-state index contributed by atoms with van der Waals surface area (Å²) < 4.78 is 27.9. The van der Waals surface area contributed by atoms with Gasteiger partial charge in [0.25, 0.3) is 5.91 Å². The molecule has 0 aliphatic heterocycles. The molecule has 0 spiro atoms. The Labute approximate surface area is 213 Å². The minimum atomic E-state index is -0.497.